The van der Waals surface area contributed by atoms with Crippen LogP contribution in [0.15, 0.2) is 0 Å². The third-order valence-electron chi connectivity index (χ3n) is 3.18. The maximum absolute atomic E-state index is 5.83. The number of hydrogen-bond donors (Lipinski definition) is 1. The van der Waals surface area contributed by atoms with Crippen LogP contribution in [0.3, 0.4) is 0 Å². The monoisotopic (exact) mass is 251 g/mol. The second-order valence-electron chi connectivity index (χ2n) is 5.18. The maximum atomic E-state index is 5.83. The number of ether oxygens (including phenoxy) is 1. The molecule has 1 aliphatic carbocycles. The van der Waals surface area contributed by atoms with Crippen molar-refractivity contribution in [3.05, 3.63) is 0 Å². The number of nitrogens with zero attached hydrogens (tertiary/aromatic N) is 4. The SMILES string of the molecule is CC1CCCC(Oc2nc(N)nc(N(C)C)n2)C1. The van der Waals surface area contributed by atoms with Crippen molar-refractivity contribution >= 4 is 11.9 Å². The van der Waals surface area contributed by atoms with E-state index >= 15 is 0 Å². The Balaban J connectivity index is 2.08. The van der Waals surface area contributed by atoms with Crippen molar-refractivity contribution in [2.75, 3.05) is 24.7 Å². The molecule has 6 heteroatoms. The summed E-state index contributed by atoms with van der Waals surface area (Å²) in [4.78, 5) is 14.1. The van der Waals surface area contributed by atoms with Gasteiger partial charge in [-0.15, -0.1) is 0 Å². The second kappa shape index (κ2) is 5.37. The molecule has 2 N–H and O–H groups in total. The van der Waals surface area contributed by atoms with Crippen molar-refractivity contribution < 1.29 is 4.74 Å². The fourth-order valence-corrected chi connectivity index (χ4v) is 2.25. The second-order valence-corrected chi connectivity index (χ2v) is 5.18. The van der Waals surface area contributed by atoms with Gasteiger partial charge in [-0.25, -0.2) is 0 Å². The van der Waals surface area contributed by atoms with Crippen LogP contribution in [0, 0.1) is 5.92 Å². The Labute approximate surface area is 108 Å². The van der Waals surface area contributed by atoms with Gasteiger partial charge in [0.25, 0.3) is 0 Å². The maximum Gasteiger partial charge on any atom is 0.323 e. The van der Waals surface area contributed by atoms with E-state index in [9.17, 15) is 0 Å². The van der Waals surface area contributed by atoms with E-state index in [2.05, 4.69) is 21.9 Å². The van der Waals surface area contributed by atoms with Gasteiger partial charge < -0.3 is 15.4 Å². The predicted molar refractivity (Wildman–Crippen MR) is 70.6 cm³/mol. The van der Waals surface area contributed by atoms with E-state index in [-0.39, 0.29) is 12.1 Å². The molecule has 2 unspecified atom stereocenters. The van der Waals surface area contributed by atoms with Crippen molar-refractivity contribution in [2.45, 2.75) is 38.7 Å². The van der Waals surface area contributed by atoms with Crippen molar-refractivity contribution in [3.8, 4) is 6.01 Å². The summed E-state index contributed by atoms with van der Waals surface area (Å²) >= 11 is 0. The molecule has 1 aromatic rings. The summed E-state index contributed by atoms with van der Waals surface area (Å²) in [6.45, 7) is 2.25. The Hall–Kier alpha value is -1.59. The molecule has 0 bridgehead atoms. The van der Waals surface area contributed by atoms with E-state index in [0.29, 0.717) is 17.9 Å². The zero-order valence-electron chi connectivity index (χ0n) is 11.3. The summed E-state index contributed by atoms with van der Waals surface area (Å²) in [6.07, 6.45) is 4.80. The van der Waals surface area contributed by atoms with E-state index in [1.807, 2.05) is 14.1 Å². The van der Waals surface area contributed by atoms with Gasteiger partial charge in [0.15, 0.2) is 0 Å². The molecule has 18 heavy (non-hydrogen) atoms. The van der Waals surface area contributed by atoms with Crippen LogP contribution in [-0.4, -0.2) is 35.2 Å². The molecule has 0 spiro atoms. The number of aromatic nitrogens is 3. The van der Waals surface area contributed by atoms with Crippen molar-refractivity contribution in [1.29, 1.82) is 0 Å². The molecule has 2 atom stereocenters. The summed E-state index contributed by atoms with van der Waals surface area (Å²) in [5.74, 6) is 1.44. The molecule has 2 rings (SSSR count). The predicted octanol–water partition coefficient (Wildman–Crippen LogP) is 1.48. The number of hydrogen-bond acceptors (Lipinski definition) is 6. The molecule has 0 saturated heterocycles. The van der Waals surface area contributed by atoms with Gasteiger partial charge in [-0.2, -0.15) is 15.0 Å². The van der Waals surface area contributed by atoms with Gasteiger partial charge in [0, 0.05) is 14.1 Å². The van der Waals surface area contributed by atoms with Crippen LogP contribution in [-0.2, 0) is 0 Å². The molecular weight excluding hydrogens is 230 g/mol. The Morgan fingerprint density at radius 1 is 1.22 bits per heavy atom. The average Bonchev–Trinajstić information content (AvgIpc) is 2.28. The quantitative estimate of drug-likeness (QED) is 0.876. The lowest BCUT2D eigenvalue weighted by Crippen LogP contribution is -2.25. The van der Waals surface area contributed by atoms with Crippen LogP contribution in [0.4, 0.5) is 11.9 Å². The highest BCUT2D eigenvalue weighted by Gasteiger charge is 2.21. The molecule has 1 aromatic heterocycles. The summed E-state index contributed by atoms with van der Waals surface area (Å²) in [5, 5.41) is 0. The van der Waals surface area contributed by atoms with Gasteiger partial charge in [0.05, 0.1) is 0 Å². The largest absolute Gasteiger partial charge is 0.460 e. The smallest absolute Gasteiger partial charge is 0.323 e. The van der Waals surface area contributed by atoms with Crippen molar-refractivity contribution in [1.82, 2.24) is 15.0 Å². The van der Waals surface area contributed by atoms with Crippen LogP contribution < -0.4 is 15.4 Å². The molecular formula is C12H21N5O. The standard InChI is InChI=1S/C12H21N5O/c1-8-5-4-6-9(7-8)18-12-15-10(13)14-11(16-12)17(2)3/h8-9H,4-7H2,1-3H3,(H2,13,14,15,16). The Bertz CT molecular complexity index is 409. The zero-order valence-corrected chi connectivity index (χ0v) is 11.3. The molecule has 0 aromatic carbocycles. The minimum absolute atomic E-state index is 0.200. The average molecular weight is 251 g/mol. The summed E-state index contributed by atoms with van der Waals surface area (Å²) < 4.78 is 5.83. The molecule has 0 amide bonds. The van der Waals surface area contributed by atoms with Gasteiger partial charge in [-0.1, -0.05) is 13.3 Å². The van der Waals surface area contributed by atoms with Crippen LogP contribution in [0.1, 0.15) is 32.6 Å². The highest BCUT2D eigenvalue weighted by Crippen LogP contribution is 2.26. The number of nitrogens with two attached hydrogens (primary N) is 1. The molecule has 0 radical (unpaired) electrons. The molecule has 1 saturated carbocycles. The van der Waals surface area contributed by atoms with Gasteiger partial charge in [-0.3, -0.25) is 0 Å². The first-order valence-electron chi connectivity index (χ1n) is 6.40. The Morgan fingerprint density at radius 2 is 2.00 bits per heavy atom. The van der Waals surface area contributed by atoms with Gasteiger partial charge in [0.2, 0.25) is 11.9 Å². The lowest BCUT2D eigenvalue weighted by atomic mass is 9.89. The summed E-state index contributed by atoms with van der Waals surface area (Å²) in [6, 6.07) is 0.338. The molecule has 100 valence electrons. The third-order valence-corrected chi connectivity index (χ3v) is 3.18. The summed E-state index contributed by atoms with van der Waals surface area (Å²) in [5.41, 5.74) is 5.66. The first kappa shape index (κ1) is 12.9. The number of nitrogen functional groups attached to an aromatic ring is 1. The first-order valence-corrected chi connectivity index (χ1v) is 6.40. The molecule has 0 aliphatic heterocycles. The van der Waals surface area contributed by atoms with Gasteiger partial charge in [0.1, 0.15) is 6.10 Å². The normalized spacial score (nSPS) is 23.7. The van der Waals surface area contributed by atoms with E-state index in [1.165, 1.54) is 12.8 Å². The minimum Gasteiger partial charge on any atom is -0.460 e. The van der Waals surface area contributed by atoms with Crippen LogP contribution in [0.25, 0.3) is 0 Å². The number of rotatable bonds is 3. The third kappa shape index (κ3) is 3.21. The van der Waals surface area contributed by atoms with Crippen molar-refractivity contribution in [2.24, 2.45) is 5.92 Å². The Morgan fingerprint density at radius 3 is 2.67 bits per heavy atom. The minimum atomic E-state index is 0.200. The Kier molecular flexibility index (Phi) is 3.84. The topological polar surface area (TPSA) is 77.2 Å². The fourth-order valence-electron chi connectivity index (χ4n) is 2.25. The van der Waals surface area contributed by atoms with E-state index in [4.69, 9.17) is 10.5 Å². The fraction of sp³-hybridized carbons (Fsp3) is 0.750. The lowest BCUT2D eigenvalue weighted by molar-refractivity contribution is 0.118. The molecule has 1 aliphatic rings. The first-order chi connectivity index (χ1) is 8.54. The molecule has 1 fully saturated rings. The van der Waals surface area contributed by atoms with Gasteiger partial charge in [-0.05, 0) is 25.2 Å². The number of anilines is 2. The van der Waals surface area contributed by atoms with E-state index in [0.717, 1.165) is 12.8 Å². The highest BCUT2D eigenvalue weighted by atomic mass is 16.5. The van der Waals surface area contributed by atoms with E-state index < -0.39 is 0 Å². The van der Waals surface area contributed by atoms with Crippen molar-refractivity contribution in [3.63, 3.8) is 0 Å². The van der Waals surface area contributed by atoms with Crippen LogP contribution >= 0.6 is 0 Å². The zero-order chi connectivity index (χ0) is 13.1. The van der Waals surface area contributed by atoms with E-state index in [1.54, 1.807) is 4.90 Å². The highest BCUT2D eigenvalue weighted by molar-refractivity contribution is 5.33. The molecule has 1 heterocycles. The van der Waals surface area contributed by atoms with Gasteiger partial charge >= 0.3 is 6.01 Å². The van der Waals surface area contributed by atoms with Crippen LogP contribution in [0.5, 0.6) is 6.01 Å². The molecule has 6 nitrogen and oxygen atoms in total. The lowest BCUT2D eigenvalue weighted by Gasteiger charge is -2.26. The summed E-state index contributed by atoms with van der Waals surface area (Å²) in [7, 11) is 3.72. The van der Waals surface area contributed by atoms with Crippen LogP contribution in [0.2, 0.25) is 0 Å².